The fourth-order valence-corrected chi connectivity index (χ4v) is 4.23. The number of anilines is 1. The lowest BCUT2D eigenvalue weighted by molar-refractivity contribution is -0.403. The van der Waals surface area contributed by atoms with Gasteiger partial charge in [0, 0.05) is 24.6 Å². The molecular formula is C24H29ClN4O4S. The van der Waals surface area contributed by atoms with Crippen LogP contribution in [0.15, 0.2) is 36.5 Å². The minimum absolute atomic E-state index is 0. The number of benzene rings is 2. The Morgan fingerprint density at radius 3 is 2.47 bits per heavy atom. The van der Waals surface area contributed by atoms with E-state index in [-0.39, 0.29) is 31.2 Å². The summed E-state index contributed by atoms with van der Waals surface area (Å²) in [4.78, 5) is 24.6. The molecule has 0 aliphatic rings. The van der Waals surface area contributed by atoms with Crippen LogP contribution >= 0.6 is 11.5 Å². The van der Waals surface area contributed by atoms with Crippen molar-refractivity contribution in [2.24, 2.45) is 5.73 Å². The number of methoxy groups -OCH3 is 2. The zero-order valence-corrected chi connectivity index (χ0v) is 21.2. The van der Waals surface area contributed by atoms with Crippen molar-refractivity contribution >= 4 is 29.0 Å². The minimum Gasteiger partial charge on any atom is -1.00 e. The average molecular weight is 505 g/mol. The van der Waals surface area contributed by atoms with Gasteiger partial charge in [-0.25, -0.2) is 0 Å². The molecule has 0 spiro atoms. The molecule has 0 aliphatic heterocycles. The number of halogens is 1. The Kier molecular flexibility index (Phi) is 9.43. The van der Waals surface area contributed by atoms with Crippen LogP contribution in [0, 0.1) is 13.8 Å². The van der Waals surface area contributed by atoms with Crippen LogP contribution in [0.3, 0.4) is 0 Å². The maximum atomic E-state index is 12.6. The molecular weight excluding hydrogens is 476 g/mol. The summed E-state index contributed by atoms with van der Waals surface area (Å²) in [5, 5.41) is 2.87. The van der Waals surface area contributed by atoms with Crippen LogP contribution in [-0.4, -0.2) is 36.4 Å². The van der Waals surface area contributed by atoms with Gasteiger partial charge in [-0.3, -0.25) is 9.59 Å². The van der Waals surface area contributed by atoms with E-state index in [4.69, 9.17) is 15.2 Å². The third-order valence-corrected chi connectivity index (χ3v) is 6.40. The monoisotopic (exact) mass is 504 g/mol. The van der Waals surface area contributed by atoms with Crippen LogP contribution < -0.4 is 38.7 Å². The standard InChI is InChI=1S/C24H28N4O4S.ClH/c1-13-9-16(11-21(32-4)14(13)2)23-17(12-27-33-23)15-5-7-20(31-3)19(10-15)28-24(30)18(25)6-8-22(26)29;/h5,7,9-12,18H,6,8,25H2,1-4H3,(H2,26,29)(H,28,30);1H/t18-;/m1./s1. The zero-order chi connectivity index (χ0) is 24.1. The topological polar surface area (TPSA) is 131 Å². The SMILES string of the molecule is COc1ccc(-c2cnsc2-c2cc(C)c(C)c(OC)c2)cc1NC(=O)[C@H]([NH3+])CCC(N)=O.[Cl-]. The summed E-state index contributed by atoms with van der Waals surface area (Å²) in [6.45, 7) is 4.08. The van der Waals surface area contributed by atoms with E-state index in [1.54, 1.807) is 20.3 Å². The van der Waals surface area contributed by atoms with E-state index in [9.17, 15) is 9.59 Å². The quantitative estimate of drug-likeness (QED) is 0.375. The first-order chi connectivity index (χ1) is 15.7. The smallest absolute Gasteiger partial charge is 0.282 e. The van der Waals surface area contributed by atoms with Crippen molar-refractivity contribution in [3.05, 3.63) is 47.7 Å². The van der Waals surface area contributed by atoms with Crippen molar-refractivity contribution in [3.8, 4) is 33.1 Å². The van der Waals surface area contributed by atoms with E-state index in [1.807, 2.05) is 31.3 Å². The number of hydrogen-bond acceptors (Lipinski definition) is 6. The number of primary amides is 1. The van der Waals surface area contributed by atoms with Crippen molar-refractivity contribution in [2.45, 2.75) is 32.7 Å². The number of nitrogens with zero attached hydrogens (tertiary/aromatic N) is 1. The first kappa shape index (κ1) is 27.1. The molecule has 3 aromatic rings. The number of ether oxygens (including phenoxy) is 2. The van der Waals surface area contributed by atoms with Crippen molar-refractivity contribution in [1.29, 1.82) is 0 Å². The Hall–Kier alpha value is -3.14. The molecule has 2 amide bonds. The second-order valence-corrected chi connectivity index (χ2v) is 8.60. The second-order valence-electron chi connectivity index (χ2n) is 7.80. The molecule has 3 rings (SSSR count). The molecule has 0 saturated carbocycles. The Morgan fingerprint density at radius 2 is 1.82 bits per heavy atom. The van der Waals surface area contributed by atoms with Gasteiger partial charge in [0.05, 0.1) is 24.8 Å². The molecule has 182 valence electrons. The number of carbonyl (C=O) groups is 2. The molecule has 1 heterocycles. The third kappa shape index (κ3) is 6.05. The van der Waals surface area contributed by atoms with Gasteiger partial charge < -0.3 is 38.7 Å². The van der Waals surface area contributed by atoms with Crippen LogP contribution in [-0.2, 0) is 9.59 Å². The highest BCUT2D eigenvalue weighted by atomic mass is 35.5. The number of aromatic nitrogens is 1. The summed E-state index contributed by atoms with van der Waals surface area (Å²) in [5.74, 6) is 0.571. The van der Waals surface area contributed by atoms with Crippen LogP contribution in [0.1, 0.15) is 24.0 Å². The lowest BCUT2D eigenvalue weighted by Crippen LogP contribution is -3.00. The fraction of sp³-hybridized carbons (Fsp3) is 0.292. The Labute approximate surface area is 209 Å². The second kappa shape index (κ2) is 11.8. The summed E-state index contributed by atoms with van der Waals surface area (Å²) >= 11 is 1.40. The Balaban J connectivity index is 0.00000408. The largest absolute Gasteiger partial charge is 1.00 e. The van der Waals surface area contributed by atoms with Crippen LogP contribution in [0.4, 0.5) is 5.69 Å². The number of nitrogens with two attached hydrogens (primary N) is 1. The number of rotatable bonds is 9. The van der Waals surface area contributed by atoms with Gasteiger partial charge in [-0.05, 0) is 65.8 Å². The normalized spacial score (nSPS) is 11.3. The molecule has 0 saturated heterocycles. The van der Waals surface area contributed by atoms with Gasteiger partial charge in [-0.1, -0.05) is 12.1 Å². The lowest BCUT2D eigenvalue weighted by Gasteiger charge is -2.14. The van der Waals surface area contributed by atoms with Gasteiger partial charge in [0.15, 0.2) is 6.04 Å². The molecule has 34 heavy (non-hydrogen) atoms. The molecule has 0 aliphatic carbocycles. The number of quaternary nitrogens is 1. The van der Waals surface area contributed by atoms with E-state index in [0.29, 0.717) is 11.4 Å². The highest BCUT2D eigenvalue weighted by Crippen LogP contribution is 2.40. The van der Waals surface area contributed by atoms with E-state index < -0.39 is 11.9 Å². The highest BCUT2D eigenvalue weighted by molar-refractivity contribution is 7.10. The summed E-state index contributed by atoms with van der Waals surface area (Å²) < 4.78 is 15.4. The molecule has 0 unspecified atom stereocenters. The summed E-state index contributed by atoms with van der Waals surface area (Å²) in [6, 6.07) is 9.09. The summed E-state index contributed by atoms with van der Waals surface area (Å²) in [5.41, 5.74) is 14.6. The fourth-order valence-electron chi connectivity index (χ4n) is 3.48. The maximum absolute atomic E-state index is 12.6. The van der Waals surface area contributed by atoms with Gasteiger partial charge in [0.2, 0.25) is 5.91 Å². The van der Waals surface area contributed by atoms with Crippen LogP contribution in [0.5, 0.6) is 11.5 Å². The number of amides is 2. The molecule has 2 aromatic carbocycles. The first-order valence-corrected chi connectivity index (χ1v) is 11.2. The highest BCUT2D eigenvalue weighted by Gasteiger charge is 2.21. The predicted octanol–water partition coefficient (Wildman–Crippen LogP) is -0.0704. The molecule has 1 atom stereocenters. The van der Waals surface area contributed by atoms with E-state index in [2.05, 4.69) is 28.4 Å². The van der Waals surface area contributed by atoms with Gasteiger partial charge in [0.1, 0.15) is 11.5 Å². The lowest BCUT2D eigenvalue weighted by atomic mass is 9.99. The van der Waals surface area contributed by atoms with Crippen molar-refractivity contribution < 1.29 is 37.2 Å². The van der Waals surface area contributed by atoms with E-state index >= 15 is 0 Å². The van der Waals surface area contributed by atoms with Crippen molar-refractivity contribution in [3.63, 3.8) is 0 Å². The molecule has 8 nitrogen and oxygen atoms in total. The zero-order valence-electron chi connectivity index (χ0n) is 19.6. The number of hydrogen-bond donors (Lipinski definition) is 3. The number of nitrogens with one attached hydrogen (secondary N) is 1. The van der Waals surface area contributed by atoms with E-state index in [0.717, 1.165) is 38.4 Å². The van der Waals surface area contributed by atoms with Gasteiger partial charge in [-0.2, -0.15) is 4.37 Å². The molecule has 0 fully saturated rings. The third-order valence-electron chi connectivity index (χ3n) is 5.55. The summed E-state index contributed by atoms with van der Waals surface area (Å²) in [7, 11) is 3.20. The maximum Gasteiger partial charge on any atom is 0.282 e. The van der Waals surface area contributed by atoms with Gasteiger partial charge in [0.25, 0.3) is 5.91 Å². The van der Waals surface area contributed by atoms with Gasteiger partial charge >= 0.3 is 0 Å². The predicted molar refractivity (Wildman–Crippen MR) is 129 cm³/mol. The molecule has 6 N–H and O–H groups in total. The first-order valence-electron chi connectivity index (χ1n) is 10.5. The Bertz CT molecular complexity index is 1180. The summed E-state index contributed by atoms with van der Waals surface area (Å²) in [6.07, 6.45) is 2.19. The van der Waals surface area contributed by atoms with E-state index in [1.165, 1.54) is 11.5 Å². The molecule has 10 heteroatoms. The van der Waals surface area contributed by atoms with Crippen LogP contribution in [0.25, 0.3) is 21.6 Å². The molecule has 1 aromatic heterocycles. The van der Waals surface area contributed by atoms with Gasteiger partial charge in [-0.15, -0.1) is 0 Å². The van der Waals surface area contributed by atoms with Crippen molar-refractivity contribution in [2.75, 3.05) is 19.5 Å². The van der Waals surface area contributed by atoms with Crippen molar-refractivity contribution in [1.82, 2.24) is 4.37 Å². The number of aryl methyl sites for hydroxylation is 1. The molecule has 0 bridgehead atoms. The number of carbonyl (C=O) groups excluding carboxylic acids is 2. The average Bonchev–Trinajstić information content (AvgIpc) is 3.29. The Morgan fingerprint density at radius 1 is 1.12 bits per heavy atom. The molecule has 0 radical (unpaired) electrons. The minimum atomic E-state index is -0.618. The van der Waals surface area contributed by atoms with Crippen LogP contribution in [0.2, 0.25) is 0 Å².